The Kier molecular flexibility index (Phi) is 8.12. The molecular weight excluding hydrogens is 492 g/mol. The number of fused-ring (bicyclic) bond motifs is 2. The predicted molar refractivity (Wildman–Crippen MR) is 142 cm³/mol. The Morgan fingerprint density at radius 2 is 1.92 bits per heavy atom. The van der Waals surface area contributed by atoms with E-state index < -0.39 is 35.6 Å². The molecule has 0 spiro atoms. The molecule has 2 aliphatic heterocycles. The van der Waals surface area contributed by atoms with E-state index in [1.165, 1.54) is 11.3 Å². The Bertz CT molecular complexity index is 1150. The van der Waals surface area contributed by atoms with E-state index in [9.17, 15) is 19.8 Å². The summed E-state index contributed by atoms with van der Waals surface area (Å²) < 4.78 is 13.0. The van der Waals surface area contributed by atoms with Gasteiger partial charge in [-0.3, -0.25) is 9.59 Å². The number of aromatic nitrogens is 1. The maximum atomic E-state index is 13.3. The first kappa shape index (κ1) is 28.1. The third kappa shape index (κ3) is 5.91. The average Bonchev–Trinajstić information content (AvgIpc) is 3.29. The van der Waals surface area contributed by atoms with Gasteiger partial charge in [0.15, 0.2) is 0 Å². The lowest BCUT2D eigenvalue weighted by Gasteiger charge is -2.34. The number of epoxide rings is 1. The number of cyclic esters (lactones) is 1. The van der Waals surface area contributed by atoms with E-state index in [0.29, 0.717) is 13.0 Å². The molecule has 1 unspecified atom stereocenters. The summed E-state index contributed by atoms with van der Waals surface area (Å²) in [6.07, 6.45) is -0.162. The first-order valence-corrected chi connectivity index (χ1v) is 14.0. The number of aliphatic hydroxyl groups excluding tert-OH is 2. The number of nitrogens with zero attached hydrogens (tertiary/aromatic N) is 1. The smallest absolute Gasteiger partial charge is 0.309 e. The molecule has 204 valence electrons. The minimum Gasteiger partial charge on any atom is -0.457 e. The number of esters is 1. The molecule has 2 fully saturated rings. The monoisotopic (exact) mass is 532 g/mol. The molecule has 37 heavy (non-hydrogen) atoms. The number of nitrogens with two attached hydrogens (primary N) is 1. The summed E-state index contributed by atoms with van der Waals surface area (Å²) in [7, 11) is 0. The highest BCUT2D eigenvalue weighted by Gasteiger charge is 2.53. The van der Waals surface area contributed by atoms with Crippen LogP contribution in [0.1, 0.15) is 83.4 Å². The molecule has 9 heteroatoms. The molecule has 4 rings (SSSR count). The van der Waals surface area contributed by atoms with Crippen molar-refractivity contribution < 1.29 is 29.3 Å². The van der Waals surface area contributed by atoms with Crippen LogP contribution in [0.15, 0.2) is 18.2 Å². The zero-order chi connectivity index (χ0) is 27.1. The number of hydrogen-bond acceptors (Lipinski definition) is 9. The molecule has 1 aromatic carbocycles. The second-order valence-corrected chi connectivity index (χ2v) is 12.7. The zero-order valence-corrected chi connectivity index (χ0v) is 23.2. The van der Waals surface area contributed by atoms with Crippen molar-refractivity contribution in [3.63, 3.8) is 0 Å². The van der Waals surface area contributed by atoms with Gasteiger partial charge in [-0.15, -0.1) is 11.3 Å². The van der Waals surface area contributed by atoms with Gasteiger partial charge < -0.3 is 25.4 Å². The lowest BCUT2D eigenvalue weighted by molar-refractivity contribution is -0.156. The molecule has 0 amide bonds. The van der Waals surface area contributed by atoms with Crippen molar-refractivity contribution in [3.8, 4) is 0 Å². The lowest BCUT2D eigenvalue weighted by Crippen LogP contribution is -2.45. The number of carbonyl (C=O) groups is 2. The van der Waals surface area contributed by atoms with Crippen LogP contribution in [0.3, 0.4) is 0 Å². The third-order valence-corrected chi connectivity index (χ3v) is 9.47. The third-order valence-electron chi connectivity index (χ3n) is 8.41. The van der Waals surface area contributed by atoms with Crippen LogP contribution in [0, 0.1) is 17.3 Å². The summed E-state index contributed by atoms with van der Waals surface area (Å²) in [5.74, 6) is -1.60. The van der Waals surface area contributed by atoms with Crippen LogP contribution in [0.25, 0.3) is 10.2 Å². The maximum Gasteiger partial charge on any atom is 0.309 e. The second kappa shape index (κ2) is 10.7. The van der Waals surface area contributed by atoms with Gasteiger partial charge in [-0.05, 0) is 43.4 Å². The summed E-state index contributed by atoms with van der Waals surface area (Å²) in [5.41, 5.74) is 5.83. The molecular formula is C28H40N2O6S. The Labute approximate surface area is 222 Å². The number of ether oxygens (including phenoxy) is 2. The van der Waals surface area contributed by atoms with Gasteiger partial charge in [0.25, 0.3) is 0 Å². The summed E-state index contributed by atoms with van der Waals surface area (Å²) in [6.45, 7) is 9.32. The quantitative estimate of drug-likeness (QED) is 0.389. The van der Waals surface area contributed by atoms with Gasteiger partial charge in [0.05, 0.1) is 46.0 Å². The van der Waals surface area contributed by atoms with E-state index in [0.717, 1.165) is 40.1 Å². The molecule has 8 nitrogen and oxygen atoms in total. The van der Waals surface area contributed by atoms with Crippen LogP contribution in [0.4, 0.5) is 0 Å². The van der Waals surface area contributed by atoms with Crippen LogP contribution in [-0.4, -0.2) is 50.9 Å². The van der Waals surface area contributed by atoms with Gasteiger partial charge in [-0.2, -0.15) is 0 Å². The molecule has 0 bridgehead atoms. The molecule has 0 saturated carbocycles. The number of rotatable bonds is 2. The van der Waals surface area contributed by atoms with E-state index in [2.05, 4.69) is 11.9 Å². The summed E-state index contributed by atoms with van der Waals surface area (Å²) in [5, 5.41) is 22.6. The fourth-order valence-corrected chi connectivity index (χ4v) is 6.33. The predicted octanol–water partition coefficient (Wildman–Crippen LogP) is 4.05. The molecule has 0 aliphatic carbocycles. The number of thiazole rings is 1. The molecule has 1 aromatic heterocycles. The lowest BCUT2D eigenvalue weighted by atomic mass is 9.73. The number of hydrogen-bond donors (Lipinski definition) is 3. The van der Waals surface area contributed by atoms with Crippen molar-refractivity contribution in [3.05, 3.63) is 28.8 Å². The van der Waals surface area contributed by atoms with Crippen molar-refractivity contribution in [1.29, 1.82) is 0 Å². The van der Waals surface area contributed by atoms with Crippen LogP contribution in [-0.2, 0) is 25.6 Å². The minimum atomic E-state index is -1.25. The topological polar surface area (TPSA) is 135 Å². The molecule has 2 aromatic rings. The number of benzene rings is 1. The Morgan fingerprint density at radius 1 is 1.19 bits per heavy atom. The number of ketones is 1. The summed E-state index contributed by atoms with van der Waals surface area (Å²) >= 11 is 1.54. The fourth-order valence-electron chi connectivity index (χ4n) is 5.50. The van der Waals surface area contributed by atoms with Crippen molar-refractivity contribution in [2.45, 2.75) is 103 Å². The zero-order valence-electron chi connectivity index (χ0n) is 22.4. The van der Waals surface area contributed by atoms with Crippen LogP contribution < -0.4 is 5.73 Å². The summed E-state index contributed by atoms with van der Waals surface area (Å²) in [4.78, 5) is 30.9. The Balaban J connectivity index is 1.62. The number of aliphatic hydroxyl groups is 2. The highest BCUT2D eigenvalue weighted by Crippen LogP contribution is 2.47. The summed E-state index contributed by atoms with van der Waals surface area (Å²) in [6, 6.07) is 5.83. The first-order valence-electron chi connectivity index (χ1n) is 13.2. The van der Waals surface area contributed by atoms with E-state index >= 15 is 0 Å². The molecule has 2 aliphatic rings. The molecule has 2 saturated heterocycles. The molecule has 3 heterocycles. The highest BCUT2D eigenvalue weighted by molar-refractivity contribution is 7.18. The second-order valence-electron chi connectivity index (χ2n) is 11.6. The molecule has 4 N–H and O–H groups in total. The maximum absolute atomic E-state index is 13.3. The van der Waals surface area contributed by atoms with Crippen LogP contribution in [0.2, 0.25) is 0 Å². The van der Waals surface area contributed by atoms with Gasteiger partial charge in [0.2, 0.25) is 0 Å². The van der Waals surface area contributed by atoms with Crippen LogP contribution >= 0.6 is 11.3 Å². The van der Waals surface area contributed by atoms with E-state index in [4.69, 9.17) is 15.2 Å². The highest BCUT2D eigenvalue weighted by atomic mass is 32.1. The Hall–Kier alpha value is -1.91. The SMILES string of the molecule is CC1C(=O)C(C)(C)[C@@H](O)CC(=O)O[C@H](c2ccc3sc(CN)nc3c2)C[C@H]2O[C@]2(C)CCC[C@H](C)[C@@H]1O. The van der Waals surface area contributed by atoms with Crippen molar-refractivity contribution in [2.24, 2.45) is 23.0 Å². The molecule has 7 atom stereocenters. The average molecular weight is 533 g/mol. The van der Waals surface area contributed by atoms with E-state index in [1.807, 2.05) is 25.1 Å². The first-order chi connectivity index (χ1) is 17.4. The normalized spacial score (nSPS) is 35.7. The minimum absolute atomic E-state index is 0.0777. The van der Waals surface area contributed by atoms with E-state index in [1.54, 1.807) is 20.8 Å². The van der Waals surface area contributed by atoms with Crippen molar-refractivity contribution in [2.75, 3.05) is 0 Å². The van der Waals surface area contributed by atoms with Gasteiger partial charge in [0, 0.05) is 18.9 Å². The van der Waals surface area contributed by atoms with Gasteiger partial charge >= 0.3 is 5.97 Å². The van der Waals surface area contributed by atoms with Gasteiger partial charge in [-0.1, -0.05) is 40.2 Å². The number of carbonyl (C=O) groups excluding carboxylic acids is 2. The molecule has 0 radical (unpaired) electrons. The largest absolute Gasteiger partial charge is 0.457 e. The van der Waals surface area contributed by atoms with E-state index in [-0.39, 0.29) is 29.8 Å². The van der Waals surface area contributed by atoms with Crippen molar-refractivity contribution in [1.82, 2.24) is 4.98 Å². The fraction of sp³-hybridized carbons (Fsp3) is 0.679. The number of Topliss-reactive ketones (excluding diaryl/α,β-unsaturated/α-hetero) is 1. The standard InChI is InChI=1S/C28H40N2O6S/c1-15-7-6-10-28(5)22(36-28)12-19(17-8-9-20-18(11-17)30-23(14-29)37-20)35-24(32)13-21(31)27(3,4)26(34)16(2)25(15)33/h8-9,11,15-16,19,21-22,25,31,33H,6-7,10,12-14,29H2,1-5H3/t15-,16?,19-,21-,22+,25-,28+/m0/s1. The Morgan fingerprint density at radius 3 is 2.62 bits per heavy atom. The van der Waals surface area contributed by atoms with Gasteiger partial charge in [0.1, 0.15) is 16.9 Å². The van der Waals surface area contributed by atoms with Crippen molar-refractivity contribution >= 4 is 33.3 Å². The van der Waals surface area contributed by atoms with Crippen LogP contribution in [0.5, 0.6) is 0 Å². The van der Waals surface area contributed by atoms with Gasteiger partial charge in [-0.25, -0.2) is 4.98 Å².